The summed E-state index contributed by atoms with van der Waals surface area (Å²) in [5.74, 6) is 6.86. The summed E-state index contributed by atoms with van der Waals surface area (Å²) in [6, 6.07) is 0. The number of fused-ring (bicyclic) bond motifs is 1. The first-order valence-corrected chi connectivity index (χ1v) is 5.99. The van der Waals surface area contributed by atoms with Gasteiger partial charge in [0, 0.05) is 7.05 Å². The third kappa shape index (κ3) is 2.41. The lowest BCUT2D eigenvalue weighted by Crippen LogP contribution is -2.21. The summed E-state index contributed by atoms with van der Waals surface area (Å²) in [7, 11) is 3.91. The molecule has 0 fully saturated rings. The molecule has 0 radical (unpaired) electrons. The molecule has 0 atom stereocenters. The zero-order chi connectivity index (χ0) is 13.1. The van der Waals surface area contributed by atoms with Crippen molar-refractivity contribution in [2.75, 3.05) is 19.0 Å². The van der Waals surface area contributed by atoms with Crippen molar-refractivity contribution < 1.29 is 0 Å². The Morgan fingerprint density at radius 1 is 1.44 bits per heavy atom. The number of aryl methyl sites for hydroxylation is 1. The molecule has 18 heavy (non-hydrogen) atoms. The van der Waals surface area contributed by atoms with Gasteiger partial charge < -0.3 is 5.43 Å². The number of hydrogen-bond acceptors (Lipinski definition) is 6. The van der Waals surface area contributed by atoms with Crippen LogP contribution in [0.2, 0.25) is 0 Å². The van der Waals surface area contributed by atoms with Crippen molar-refractivity contribution in [1.29, 1.82) is 0 Å². The maximum atomic E-state index is 5.49. The molecule has 0 aliphatic rings. The first-order chi connectivity index (χ1) is 8.65. The second kappa shape index (κ2) is 5.28. The molecule has 0 unspecified atom stereocenters. The van der Waals surface area contributed by atoms with Crippen LogP contribution in [0.3, 0.4) is 0 Å². The molecule has 0 saturated heterocycles. The second-order valence-electron chi connectivity index (χ2n) is 4.38. The molecule has 0 saturated carbocycles. The normalized spacial score (nSPS) is 11.4. The molecule has 0 aliphatic carbocycles. The highest BCUT2D eigenvalue weighted by molar-refractivity contribution is 5.86. The van der Waals surface area contributed by atoms with E-state index in [0.29, 0.717) is 12.4 Å². The van der Waals surface area contributed by atoms with E-state index >= 15 is 0 Å². The Balaban J connectivity index is 2.36. The van der Waals surface area contributed by atoms with Gasteiger partial charge >= 0.3 is 0 Å². The van der Waals surface area contributed by atoms with Crippen molar-refractivity contribution in [1.82, 2.24) is 24.6 Å². The number of nitrogens with zero attached hydrogens (tertiary/aromatic N) is 5. The van der Waals surface area contributed by atoms with Crippen molar-refractivity contribution in [2.24, 2.45) is 12.9 Å². The Kier molecular flexibility index (Phi) is 3.73. The zero-order valence-corrected chi connectivity index (χ0v) is 11.0. The summed E-state index contributed by atoms with van der Waals surface area (Å²) in [5.41, 5.74) is 3.40. The van der Waals surface area contributed by atoms with Gasteiger partial charge in [-0.1, -0.05) is 6.92 Å². The van der Waals surface area contributed by atoms with E-state index in [4.69, 9.17) is 5.84 Å². The van der Waals surface area contributed by atoms with Gasteiger partial charge in [0.2, 0.25) is 0 Å². The van der Waals surface area contributed by atoms with Crippen molar-refractivity contribution >= 4 is 16.9 Å². The number of nitrogen functional groups attached to an aromatic ring is 1. The Bertz CT molecular complexity index is 533. The predicted molar refractivity (Wildman–Crippen MR) is 70.7 cm³/mol. The average Bonchev–Trinajstić information content (AvgIpc) is 2.71. The number of rotatable bonds is 5. The fourth-order valence-corrected chi connectivity index (χ4v) is 1.95. The molecule has 7 nitrogen and oxygen atoms in total. The van der Waals surface area contributed by atoms with Crippen LogP contribution in [0.1, 0.15) is 19.2 Å². The molecular formula is C11H19N7. The summed E-state index contributed by atoms with van der Waals surface area (Å²) >= 11 is 0. The third-order valence-electron chi connectivity index (χ3n) is 2.79. The Morgan fingerprint density at radius 2 is 2.22 bits per heavy atom. The largest absolute Gasteiger partial charge is 0.308 e. The summed E-state index contributed by atoms with van der Waals surface area (Å²) < 4.78 is 1.72. The molecule has 2 aromatic heterocycles. The smallest absolute Gasteiger partial charge is 0.163 e. The lowest BCUT2D eigenvalue weighted by molar-refractivity contribution is 0.319. The molecule has 0 spiro atoms. The van der Waals surface area contributed by atoms with E-state index in [9.17, 15) is 0 Å². The maximum absolute atomic E-state index is 5.49. The Morgan fingerprint density at radius 3 is 2.89 bits per heavy atom. The topological polar surface area (TPSA) is 84.9 Å². The van der Waals surface area contributed by atoms with Gasteiger partial charge in [-0.15, -0.1) is 0 Å². The van der Waals surface area contributed by atoms with E-state index in [1.807, 2.05) is 7.05 Å². The molecule has 0 aromatic carbocycles. The van der Waals surface area contributed by atoms with Crippen molar-refractivity contribution in [2.45, 2.75) is 19.9 Å². The van der Waals surface area contributed by atoms with Crippen LogP contribution in [-0.4, -0.2) is 38.2 Å². The van der Waals surface area contributed by atoms with Gasteiger partial charge in [-0.25, -0.2) is 15.8 Å². The molecule has 0 aliphatic heterocycles. The van der Waals surface area contributed by atoms with E-state index in [1.165, 1.54) is 0 Å². The molecule has 2 heterocycles. The number of aromatic nitrogens is 4. The minimum Gasteiger partial charge on any atom is -0.308 e. The van der Waals surface area contributed by atoms with Gasteiger partial charge in [-0.2, -0.15) is 5.10 Å². The van der Waals surface area contributed by atoms with E-state index in [1.54, 1.807) is 10.9 Å². The highest BCUT2D eigenvalue weighted by Gasteiger charge is 2.11. The number of anilines is 1. The molecular weight excluding hydrogens is 230 g/mol. The summed E-state index contributed by atoms with van der Waals surface area (Å²) in [6.45, 7) is 3.86. The van der Waals surface area contributed by atoms with Gasteiger partial charge in [-0.3, -0.25) is 9.58 Å². The van der Waals surface area contributed by atoms with Crippen LogP contribution >= 0.6 is 0 Å². The van der Waals surface area contributed by atoms with Crippen molar-refractivity contribution in [3.63, 3.8) is 0 Å². The molecule has 2 aromatic rings. The number of nitrogens with one attached hydrogen (secondary N) is 1. The number of hydrazine groups is 1. The number of nitrogens with two attached hydrogens (primary N) is 1. The quantitative estimate of drug-likeness (QED) is 0.592. The average molecular weight is 249 g/mol. The Labute approximate surface area is 106 Å². The zero-order valence-electron chi connectivity index (χ0n) is 11.0. The van der Waals surface area contributed by atoms with Gasteiger partial charge in [0.15, 0.2) is 11.5 Å². The van der Waals surface area contributed by atoms with E-state index in [2.05, 4.69) is 39.4 Å². The molecule has 0 bridgehead atoms. The van der Waals surface area contributed by atoms with Gasteiger partial charge in [0.25, 0.3) is 0 Å². The fraction of sp³-hybridized carbons (Fsp3) is 0.545. The minimum atomic E-state index is 0.619. The third-order valence-corrected chi connectivity index (χ3v) is 2.79. The van der Waals surface area contributed by atoms with Crippen LogP contribution in [0.15, 0.2) is 6.20 Å². The van der Waals surface area contributed by atoms with E-state index in [0.717, 1.165) is 29.8 Å². The van der Waals surface area contributed by atoms with Crippen molar-refractivity contribution in [3.8, 4) is 0 Å². The highest BCUT2D eigenvalue weighted by Crippen LogP contribution is 2.18. The minimum absolute atomic E-state index is 0.619. The van der Waals surface area contributed by atoms with Crippen LogP contribution < -0.4 is 11.3 Å². The first kappa shape index (κ1) is 12.7. The van der Waals surface area contributed by atoms with Crippen LogP contribution in [0.4, 0.5) is 5.82 Å². The maximum Gasteiger partial charge on any atom is 0.163 e. The monoisotopic (exact) mass is 249 g/mol. The molecule has 3 N–H and O–H groups in total. The molecule has 0 amide bonds. The molecule has 7 heteroatoms. The van der Waals surface area contributed by atoms with Gasteiger partial charge in [-0.05, 0) is 20.0 Å². The summed E-state index contributed by atoms with van der Waals surface area (Å²) in [5, 5.41) is 5.00. The second-order valence-corrected chi connectivity index (χ2v) is 4.38. The van der Waals surface area contributed by atoms with Crippen LogP contribution in [0, 0.1) is 0 Å². The SMILES string of the molecule is CCCN(C)Cc1nc(NN)c2cnn(C)c2n1. The predicted octanol–water partition coefficient (Wildman–Crippen LogP) is 0.491. The van der Waals surface area contributed by atoms with Crippen LogP contribution in [0.5, 0.6) is 0 Å². The van der Waals surface area contributed by atoms with Gasteiger partial charge in [0.05, 0.1) is 18.1 Å². The van der Waals surface area contributed by atoms with E-state index < -0.39 is 0 Å². The lowest BCUT2D eigenvalue weighted by Gasteiger charge is -2.14. The first-order valence-electron chi connectivity index (χ1n) is 5.99. The number of hydrogen-bond donors (Lipinski definition) is 2. The van der Waals surface area contributed by atoms with Crippen LogP contribution in [-0.2, 0) is 13.6 Å². The summed E-state index contributed by atoms with van der Waals surface area (Å²) in [4.78, 5) is 11.1. The van der Waals surface area contributed by atoms with Gasteiger partial charge in [0.1, 0.15) is 5.82 Å². The highest BCUT2D eigenvalue weighted by atomic mass is 15.3. The summed E-state index contributed by atoms with van der Waals surface area (Å²) in [6.07, 6.45) is 2.82. The molecule has 2 rings (SSSR count). The lowest BCUT2D eigenvalue weighted by atomic mass is 10.3. The standard InChI is InChI=1S/C11H19N7/c1-4-5-17(2)7-9-14-10(16-12)8-6-13-18(3)11(8)15-9/h6H,4-5,7,12H2,1-3H3,(H,14,15,16). The van der Waals surface area contributed by atoms with Crippen LogP contribution in [0.25, 0.3) is 11.0 Å². The molecule has 98 valence electrons. The van der Waals surface area contributed by atoms with E-state index in [-0.39, 0.29) is 0 Å². The van der Waals surface area contributed by atoms with Crippen molar-refractivity contribution in [3.05, 3.63) is 12.0 Å². The fourth-order valence-electron chi connectivity index (χ4n) is 1.95. The Hall–Kier alpha value is -1.73.